The molecule has 7 heteroatoms. The Morgan fingerprint density at radius 3 is 2.27 bits per heavy atom. The monoisotopic (exact) mass is 370 g/mol. The van der Waals surface area contributed by atoms with Crippen LogP contribution in [-0.2, 0) is 14.3 Å². The standard InChI is InChI=1S/C15H19BrN2O4/c1-8(2)12(15(21)22-9(3)13(17)19)18-14(20)10-6-4-5-7-11(10)16/h4-9,12H,1-3H3,(H2,17,19)(H,18,20)/t9-,12+/m1/s1. The van der Waals surface area contributed by atoms with Gasteiger partial charge in [0.2, 0.25) is 0 Å². The van der Waals surface area contributed by atoms with E-state index in [1.165, 1.54) is 6.92 Å². The fraction of sp³-hybridized carbons (Fsp3) is 0.400. The molecular weight excluding hydrogens is 352 g/mol. The molecule has 1 rings (SSSR count). The Morgan fingerprint density at radius 2 is 1.77 bits per heavy atom. The van der Waals surface area contributed by atoms with Crippen molar-refractivity contribution < 1.29 is 19.1 Å². The highest BCUT2D eigenvalue weighted by atomic mass is 79.9. The van der Waals surface area contributed by atoms with Crippen LogP contribution in [0, 0.1) is 5.92 Å². The van der Waals surface area contributed by atoms with E-state index in [9.17, 15) is 14.4 Å². The van der Waals surface area contributed by atoms with E-state index in [2.05, 4.69) is 21.2 Å². The van der Waals surface area contributed by atoms with Gasteiger partial charge in [-0.05, 0) is 40.9 Å². The number of esters is 1. The molecule has 0 spiro atoms. The summed E-state index contributed by atoms with van der Waals surface area (Å²) in [4.78, 5) is 35.3. The molecule has 120 valence electrons. The Balaban J connectivity index is 2.84. The number of halogens is 1. The zero-order chi connectivity index (χ0) is 16.9. The van der Waals surface area contributed by atoms with E-state index in [4.69, 9.17) is 10.5 Å². The first kappa shape index (κ1) is 18.2. The van der Waals surface area contributed by atoms with Crippen molar-refractivity contribution in [2.24, 2.45) is 11.7 Å². The van der Waals surface area contributed by atoms with Gasteiger partial charge in [-0.25, -0.2) is 4.79 Å². The van der Waals surface area contributed by atoms with Crippen LogP contribution >= 0.6 is 15.9 Å². The maximum Gasteiger partial charge on any atom is 0.329 e. The molecule has 0 aliphatic rings. The zero-order valence-corrected chi connectivity index (χ0v) is 14.2. The minimum absolute atomic E-state index is 0.209. The lowest BCUT2D eigenvalue weighted by atomic mass is 10.0. The predicted octanol–water partition coefficient (Wildman–Crippen LogP) is 1.62. The van der Waals surface area contributed by atoms with Crippen molar-refractivity contribution in [3.63, 3.8) is 0 Å². The molecule has 0 saturated carbocycles. The van der Waals surface area contributed by atoms with Gasteiger partial charge in [-0.3, -0.25) is 9.59 Å². The number of nitrogens with one attached hydrogen (secondary N) is 1. The largest absolute Gasteiger partial charge is 0.451 e. The summed E-state index contributed by atoms with van der Waals surface area (Å²) in [5.74, 6) is -2.05. The summed E-state index contributed by atoms with van der Waals surface area (Å²) in [6, 6.07) is 5.99. The highest BCUT2D eigenvalue weighted by Crippen LogP contribution is 2.16. The van der Waals surface area contributed by atoms with E-state index in [0.717, 1.165) is 0 Å². The normalized spacial score (nSPS) is 13.3. The Kier molecular flexibility index (Phi) is 6.55. The maximum absolute atomic E-state index is 12.3. The van der Waals surface area contributed by atoms with E-state index < -0.39 is 29.9 Å². The Bertz CT molecular complexity index is 574. The van der Waals surface area contributed by atoms with Crippen LogP contribution < -0.4 is 11.1 Å². The molecule has 22 heavy (non-hydrogen) atoms. The van der Waals surface area contributed by atoms with E-state index in [-0.39, 0.29) is 5.92 Å². The van der Waals surface area contributed by atoms with Gasteiger partial charge in [-0.15, -0.1) is 0 Å². The third kappa shape index (κ3) is 4.84. The number of primary amides is 1. The molecular formula is C15H19BrN2O4. The van der Waals surface area contributed by atoms with E-state index in [1.807, 2.05) is 0 Å². The Morgan fingerprint density at radius 1 is 1.18 bits per heavy atom. The molecule has 2 atom stereocenters. The molecule has 1 aromatic rings. The second-order valence-electron chi connectivity index (χ2n) is 5.16. The number of carbonyl (C=O) groups is 3. The van der Waals surface area contributed by atoms with Gasteiger partial charge in [-0.1, -0.05) is 26.0 Å². The second-order valence-corrected chi connectivity index (χ2v) is 6.01. The van der Waals surface area contributed by atoms with Gasteiger partial charge < -0.3 is 15.8 Å². The van der Waals surface area contributed by atoms with Gasteiger partial charge in [0, 0.05) is 4.47 Å². The lowest BCUT2D eigenvalue weighted by molar-refractivity contribution is -0.156. The van der Waals surface area contributed by atoms with Crippen LogP contribution in [0.25, 0.3) is 0 Å². The number of hydrogen-bond donors (Lipinski definition) is 2. The zero-order valence-electron chi connectivity index (χ0n) is 12.6. The molecule has 1 aromatic carbocycles. The Hall–Kier alpha value is -1.89. The quantitative estimate of drug-likeness (QED) is 0.743. The summed E-state index contributed by atoms with van der Waals surface area (Å²) in [6.07, 6.45) is -1.05. The third-order valence-corrected chi connectivity index (χ3v) is 3.71. The average molecular weight is 371 g/mol. The molecule has 0 bridgehead atoms. The van der Waals surface area contributed by atoms with Crippen LogP contribution in [0.3, 0.4) is 0 Å². The van der Waals surface area contributed by atoms with Crippen molar-refractivity contribution in [1.82, 2.24) is 5.32 Å². The molecule has 0 aromatic heterocycles. The van der Waals surface area contributed by atoms with Crippen molar-refractivity contribution in [2.45, 2.75) is 32.9 Å². The smallest absolute Gasteiger partial charge is 0.329 e. The molecule has 0 aliphatic carbocycles. The van der Waals surface area contributed by atoms with Crippen molar-refractivity contribution in [3.05, 3.63) is 34.3 Å². The SMILES string of the molecule is CC(C)[C@H](NC(=O)c1ccccc1Br)C(=O)O[C@H](C)C(N)=O. The predicted molar refractivity (Wildman–Crippen MR) is 85.0 cm³/mol. The number of nitrogens with two attached hydrogens (primary N) is 1. The minimum Gasteiger partial charge on any atom is -0.451 e. The molecule has 0 fully saturated rings. The molecule has 2 amide bonds. The number of hydrogen-bond acceptors (Lipinski definition) is 4. The molecule has 0 aliphatic heterocycles. The topological polar surface area (TPSA) is 98.5 Å². The summed E-state index contributed by atoms with van der Waals surface area (Å²) < 4.78 is 5.58. The number of rotatable bonds is 6. The van der Waals surface area contributed by atoms with Crippen LogP contribution in [0.4, 0.5) is 0 Å². The number of amides is 2. The fourth-order valence-corrected chi connectivity index (χ4v) is 2.13. The van der Waals surface area contributed by atoms with E-state index >= 15 is 0 Å². The summed E-state index contributed by atoms with van der Waals surface area (Å²) in [6.45, 7) is 4.91. The van der Waals surface area contributed by atoms with Crippen molar-refractivity contribution in [1.29, 1.82) is 0 Å². The molecule has 3 N–H and O–H groups in total. The van der Waals surface area contributed by atoms with Crippen LogP contribution in [-0.4, -0.2) is 29.9 Å². The molecule has 6 nitrogen and oxygen atoms in total. The van der Waals surface area contributed by atoms with E-state index in [0.29, 0.717) is 10.0 Å². The summed E-state index contributed by atoms with van der Waals surface area (Å²) in [5.41, 5.74) is 5.47. The van der Waals surface area contributed by atoms with Gasteiger partial charge in [0.1, 0.15) is 6.04 Å². The van der Waals surface area contributed by atoms with Crippen molar-refractivity contribution in [3.8, 4) is 0 Å². The number of ether oxygens (including phenoxy) is 1. The summed E-state index contributed by atoms with van der Waals surface area (Å²) in [7, 11) is 0. The first-order valence-corrected chi connectivity index (χ1v) is 7.58. The molecule has 0 unspecified atom stereocenters. The van der Waals surface area contributed by atoms with Crippen LogP contribution in [0.5, 0.6) is 0 Å². The average Bonchev–Trinajstić information content (AvgIpc) is 2.44. The third-order valence-electron chi connectivity index (χ3n) is 3.02. The highest BCUT2D eigenvalue weighted by molar-refractivity contribution is 9.10. The first-order chi connectivity index (χ1) is 10.2. The molecule has 0 saturated heterocycles. The van der Waals surface area contributed by atoms with Crippen LogP contribution in [0.2, 0.25) is 0 Å². The van der Waals surface area contributed by atoms with Gasteiger partial charge in [0.15, 0.2) is 6.10 Å². The van der Waals surface area contributed by atoms with Crippen molar-refractivity contribution in [2.75, 3.05) is 0 Å². The van der Waals surface area contributed by atoms with Crippen LogP contribution in [0.1, 0.15) is 31.1 Å². The fourth-order valence-electron chi connectivity index (χ4n) is 1.67. The minimum atomic E-state index is -1.05. The number of benzene rings is 1. The van der Waals surface area contributed by atoms with E-state index in [1.54, 1.807) is 38.1 Å². The first-order valence-electron chi connectivity index (χ1n) is 6.79. The lowest BCUT2D eigenvalue weighted by Gasteiger charge is -2.22. The summed E-state index contributed by atoms with van der Waals surface area (Å²) in [5, 5.41) is 2.62. The highest BCUT2D eigenvalue weighted by Gasteiger charge is 2.29. The lowest BCUT2D eigenvalue weighted by Crippen LogP contribution is -2.47. The van der Waals surface area contributed by atoms with Gasteiger partial charge >= 0.3 is 5.97 Å². The number of carbonyl (C=O) groups excluding carboxylic acids is 3. The molecule has 0 heterocycles. The van der Waals surface area contributed by atoms with Gasteiger partial charge in [0.05, 0.1) is 5.56 Å². The van der Waals surface area contributed by atoms with Crippen molar-refractivity contribution >= 4 is 33.7 Å². The maximum atomic E-state index is 12.3. The van der Waals surface area contributed by atoms with Crippen LogP contribution in [0.15, 0.2) is 28.7 Å². The van der Waals surface area contributed by atoms with Gasteiger partial charge in [0.25, 0.3) is 11.8 Å². The van der Waals surface area contributed by atoms with Gasteiger partial charge in [-0.2, -0.15) is 0 Å². The molecule has 0 radical (unpaired) electrons. The summed E-state index contributed by atoms with van der Waals surface area (Å²) >= 11 is 3.28. The Labute approximate surface area is 137 Å². The second kappa shape index (κ2) is 7.93.